The molecule has 6 nitrogen and oxygen atoms in total. The molecule has 0 saturated heterocycles. The quantitative estimate of drug-likeness (QED) is 0.312. The van der Waals surface area contributed by atoms with E-state index in [-0.39, 0.29) is 5.90 Å². The van der Waals surface area contributed by atoms with Crippen LogP contribution in [0, 0.1) is 0 Å². The molecule has 3 aromatic rings. The van der Waals surface area contributed by atoms with Gasteiger partial charge in [0.1, 0.15) is 23.2 Å². The minimum absolute atomic E-state index is 0.169. The summed E-state index contributed by atoms with van der Waals surface area (Å²) in [5.41, 5.74) is -5.65. The third-order valence-corrected chi connectivity index (χ3v) is 11.5. The van der Waals surface area contributed by atoms with E-state index in [0.29, 0.717) is 0 Å². The van der Waals surface area contributed by atoms with Crippen LogP contribution in [0.25, 0.3) is 0 Å². The standard InChI is InChI=1S/C19H18O3P2.CHF3O3S/c20-24(21,22)16-23(17-10-4-1-5-11-17,18-12-6-2-7-13-18)19-14-8-3-9-15-19;2-1(3,4)8(5,6)7/h1-15H,16H2,(H-,20,21,22);(H,5,6,7). The Morgan fingerprint density at radius 2 is 1.00 bits per heavy atom. The summed E-state index contributed by atoms with van der Waals surface area (Å²) in [6.45, 7) is 0. The molecule has 0 atom stereocenters. The van der Waals surface area contributed by atoms with Gasteiger partial charge in [0.25, 0.3) is 0 Å². The minimum atomic E-state index is -6.09. The molecule has 32 heavy (non-hydrogen) atoms. The second kappa shape index (κ2) is 10.3. The van der Waals surface area contributed by atoms with Crippen LogP contribution in [0.15, 0.2) is 91.0 Å². The topological polar surface area (TPSA) is 115 Å². The first kappa shape index (κ1) is 26.2. The van der Waals surface area contributed by atoms with Crippen LogP contribution in [0.3, 0.4) is 0 Å². The predicted octanol–water partition coefficient (Wildman–Crippen LogP) is 3.17. The van der Waals surface area contributed by atoms with E-state index < -0.39 is 30.5 Å². The van der Waals surface area contributed by atoms with Gasteiger partial charge in [0.2, 0.25) is 0 Å². The van der Waals surface area contributed by atoms with Gasteiger partial charge in [0.05, 0.1) is 0 Å². The van der Waals surface area contributed by atoms with E-state index in [1.165, 1.54) is 0 Å². The van der Waals surface area contributed by atoms with Gasteiger partial charge in [0, 0.05) is 0 Å². The van der Waals surface area contributed by atoms with E-state index in [1.807, 2.05) is 91.0 Å². The third-order valence-electron chi connectivity index (χ3n) is 4.27. The maximum atomic E-state index is 12.1. The summed E-state index contributed by atoms with van der Waals surface area (Å²) in [6, 6.07) is 29.2. The molecular formula is C20H19F3O6P2S. The van der Waals surface area contributed by atoms with Gasteiger partial charge in [-0.05, 0) is 36.4 Å². The van der Waals surface area contributed by atoms with Crippen LogP contribution in [-0.2, 0) is 14.7 Å². The lowest BCUT2D eigenvalue weighted by Crippen LogP contribution is -2.33. The Hall–Kier alpha value is -2.06. The zero-order valence-electron chi connectivity index (χ0n) is 16.3. The summed E-state index contributed by atoms with van der Waals surface area (Å²) in [7, 11) is -12.8. The van der Waals surface area contributed by atoms with Crippen LogP contribution in [0.5, 0.6) is 0 Å². The molecule has 3 aromatic carbocycles. The number of hydrogen-bond acceptors (Lipinski definition) is 4. The first-order valence-electron chi connectivity index (χ1n) is 8.89. The van der Waals surface area contributed by atoms with Crippen molar-refractivity contribution in [1.82, 2.24) is 0 Å². The molecule has 0 aliphatic heterocycles. The van der Waals surface area contributed by atoms with E-state index in [0.717, 1.165) is 15.9 Å². The molecule has 0 heterocycles. The Labute approximate surface area is 184 Å². The Morgan fingerprint density at radius 3 is 1.19 bits per heavy atom. The van der Waals surface area contributed by atoms with Crippen molar-refractivity contribution < 1.29 is 40.5 Å². The van der Waals surface area contributed by atoms with Crippen LogP contribution >= 0.6 is 14.9 Å². The fraction of sp³-hybridized carbons (Fsp3) is 0.100. The summed E-state index contributed by atoms with van der Waals surface area (Å²) < 4.78 is 71.0. The zero-order valence-corrected chi connectivity index (χ0v) is 18.9. The molecule has 0 aliphatic carbocycles. The van der Waals surface area contributed by atoms with Crippen LogP contribution in [-0.4, -0.2) is 34.2 Å². The summed E-state index contributed by atoms with van der Waals surface area (Å²) in [5.74, 6) is -0.169. The van der Waals surface area contributed by atoms with Crippen molar-refractivity contribution in [2.24, 2.45) is 0 Å². The Bertz CT molecular complexity index is 1060. The molecule has 0 amide bonds. The molecule has 172 valence electrons. The van der Waals surface area contributed by atoms with E-state index >= 15 is 0 Å². The molecule has 0 bridgehead atoms. The first-order valence-corrected chi connectivity index (χ1v) is 14.1. The number of alkyl halides is 3. The zero-order chi connectivity index (χ0) is 24.0. The molecule has 0 unspecified atom stereocenters. The number of rotatable bonds is 5. The van der Waals surface area contributed by atoms with Gasteiger partial charge in [0.15, 0.2) is 16.0 Å². The van der Waals surface area contributed by atoms with Crippen molar-refractivity contribution in [1.29, 1.82) is 0 Å². The van der Waals surface area contributed by atoms with Gasteiger partial charge in [-0.2, -0.15) is 13.2 Å². The van der Waals surface area contributed by atoms with Crippen LogP contribution in [0.4, 0.5) is 13.2 Å². The summed E-state index contributed by atoms with van der Waals surface area (Å²) in [4.78, 5) is 19.8. The second-order valence-corrected chi connectivity index (χ2v) is 13.5. The molecule has 3 rings (SSSR count). The third kappa shape index (κ3) is 6.72. The van der Waals surface area contributed by atoms with Gasteiger partial charge in [-0.1, -0.05) is 54.6 Å². The van der Waals surface area contributed by atoms with Crippen LogP contribution in [0.1, 0.15) is 0 Å². The molecule has 0 fully saturated rings. The Morgan fingerprint density at radius 1 is 0.750 bits per heavy atom. The van der Waals surface area contributed by atoms with Crippen molar-refractivity contribution in [3.63, 3.8) is 0 Å². The Kier molecular flexibility index (Phi) is 8.39. The minimum Gasteiger partial charge on any atom is -0.741 e. The molecule has 0 spiro atoms. The largest absolute Gasteiger partial charge is 0.741 e. The average molecular weight is 506 g/mol. The van der Waals surface area contributed by atoms with Crippen molar-refractivity contribution in [2.45, 2.75) is 5.51 Å². The lowest BCUT2D eigenvalue weighted by atomic mass is 10.4. The van der Waals surface area contributed by atoms with Gasteiger partial charge < -0.3 is 14.3 Å². The molecule has 0 aliphatic rings. The first-order chi connectivity index (χ1) is 14.8. The normalized spacial score (nSPS) is 12.6. The van der Waals surface area contributed by atoms with Crippen LogP contribution < -0.4 is 15.9 Å². The average Bonchev–Trinajstić information content (AvgIpc) is 2.72. The number of halogens is 3. The second-order valence-electron chi connectivity index (χ2n) is 6.52. The molecule has 0 aromatic heterocycles. The molecular weight excluding hydrogens is 487 g/mol. The molecule has 12 heteroatoms. The summed E-state index contributed by atoms with van der Waals surface area (Å²) in [6.07, 6.45) is 0. The highest BCUT2D eigenvalue weighted by Crippen LogP contribution is 2.63. The highest BCUT2D eigenvalue weighted by atomic mass is 32.2. The maximum Gasteiger partial charge on any atom is 0.485 e. The highest BCUT2D eigenvalue weighted by molar-refractivity contribution is 8.00. The fourth-order valence-electron chi connectivity index (χ4n) is 3.02. The van der Waals surface area contributed by atoms with Crippen molar-refractivity contribution >= 4 is 40.9 Å². The molecule has 2 N–H and O–H groups in total. The highest BCUT2D eigenvalue weighted by Gasteiger charge is 2.50. The van der Waals surface area contributed by atoms with Gasteiger partial charge in [-0.3, -0.25) is 4.57 Å². The van der Waals surface area contributed by atoms with Gasteiger partial charge in [-0.15, -0.1) is 0 Å². The summed E-state index contributed by atoms with van der Waals surface area (Å²) >= 11 is 0. The van der Waals surface area contributed by atoms with Crippen molar-refractivity contribution in [3.8, 4) is 0 Å². The maximum absolute atomic E-state index is 12.1. The van der Waals surface area contributed by atoms with Crippen molar-refractivity contribution in [3.05, 3.63) is 91.0 Å². The smallest absolute Gasteiger partial charge is 0.485 e. The van der Waals surface area contributed by atoms with E-state index in [9.17, 15) is 27.5 Å². The SMILES string of the molecule is O=P(O)(O)C[P+](c1ccccc1)(c1ccccc1)c1ccccc1.O=S(=O)([O-])C(F)(F)F. The molecule has 0 radical (unpaired) electrons. The van der Waals surface area contributed by atoms with E-state index in [2.05, 4.69) is 0 Å². The Balaban J connectivity index is 0.000000390. The van der Waals surface area contributed by atoms with E-state index in [4.69, 9.17) is 13.0 Å². The lowest BCUT2D eigenvalue weighted by Gasteiger charge is -2.27. The van der Waals surface area contributed by atoms with E-state index in [1.54, 1.807) is 0 Å². The van der Waals surface area contributed by atoms with Gasteiger partial charge >= 0.3 is 13.1 Å². The molecule has 0 saturated carbocycles. The predicted molar refractivity (Wildman–Crippen MR) is 118 cm³/mol. The van der Waals surface area contributed by atoms with Crippen molar-refractivity contribution in [2.75, 3.05) is 5.90 Å². The monoisotopic (exact) mass is 506 g/mol. The number of benzene rings is 3. The fourth-order valence-corrected chi connectivity index (χ4v) is 10.1. The van der Waals surface area contributed by atoms with Gasteiger partial charge in [-0.25, -0.2) is 8.42 Å². The summed E-state index contributed by atoms with van der Waals surface area (Å²) in [5, 5.41) is 2.93. The lowest BCUT2D eigenvalue weighted by molar-refractivity contribution is -0.0517. The van der Waals surface area contributed by atoms with Crippen LogP contribution in [0.2, 0.25) is 0 Å². The number of hydrogen-bond donors (Lipinski definition) is 2.